The van der Waals surface area contributed by atoms with Gasteiger partial charge in [0.05, 0.1) is 33.8 Å². The van der Waals surface area contributed by atoms with Crippen LogP contribution in [0.5, 0.6) is 0 Å². The fourth-order valence-corrected chi connectivity index (χ4v) is 6.49. The number of aliphatic carboxylic acids is 1. The molecule has 9 heteroatoms. The average Bonchev–Trinajstić information content (AvgIpc) is 3.27. The molecule has 0 unspecified atom stereocenters. The summed E-state index contributed by atoms with van der Waals surface area (Å²) in [6.45, 7) is 2.02. The summed E-state index contributed by atoms with van der Waals surface area (Å²) in [6.07, 6.45) is 12.4. The third kappa shape index (κ3) is 10.5. The summed E-state index contributed by atoms with van der Waals surface area (Å²) in [5, 5.41) is 10.9. The second kappa shape index (κ2) is 20.4. The van der Waals surface area contributed by atoms with Crippen molar-refractivity contribution >= 4 is 27.8 Å². The molecule has 6 aromatic heterocycles. The van der Waals surface area contributed by atoms with Crippen molar-refractivity contribution in [2.75, 3.05) is 0 Å². The molecule has 9 aromatic rings. The summed E-state index contributed by atoms with van der Waals surface area (Å²) < 4.78 is 0. The SMILES string of the molecule is Cc1ccnc(-c2cc(CCCC(=O)O)ccn2)c1.[Ru+2].c1ccc(-c2ccccn2)nc1.c1ccc(-c2ccnc3c2ccc2c(-c4ccccc4)ccnc23)cc1. The molecular formula is C49H40N6O2Ru+2. The Labute approximate surface area is 350 Å². The summed E-state index contributed by atoms with van der Waals surface area (Å²) in [7, 11) is 0. The summed E-state index contributed by atoms with van der Waals surface area (Å²) in [4.78, 5) is 36.8. The number of hydrogen-bond donors (Lipinski definition) is 1. The van der Waals surface area contributed by atoms with Crippen LogP contribution in [-0.4, -0.2) is 41.0 Å². The van der Waals surface area contributed by atoms with Crippen LogP contribution in [0.3, 0.4) is 0 Å². The van der Waals surface area contributed by atoms with E-state index in [1.165, 1.54) is 22.3 Å². The Morgan fingerprint density at radius 1 is 0.483 bits per heavy atom. The van der Waals surface area contributed by atoms with E-state index in [2.05, 4.69) is 103 Å². The smallest absolute Gasteiger partial charge is 0.481 e. The molecule has 0 atom stereocenters. The van der Waals surface area contributed by atoms with E-state index in [-0.39, 0.29) is 25.9 Å². The molecule has 0 radical (unpaired) electrons. The number of rotatable bonds is 8. The van der Waals surface area contributed by atoms with Gasteiger partial charge in [0.1, 0.15) is 0 Å². The van der Waals surface area contributed by atoms with Crippen molar-refractivity contribution in [1.82, 2.24) is 29.9 Å². The molecule has 1 N–H and O–H groups in total. The number of fused-ring (bicyclic) bond motifs is 3. The third-order valence-electron chi connectivity index (χ3n) is 9.24. The maximum atomic E-state index is 10.5. The molecule has 0 bridgehead atoms. The maximum Gasteiger partial charge on any atom is 2.00 e. The van der Waals surface area contributed by atoms with Gasteiger partial charge in [0.25, 0.3) is 0 Å². The van der Waals surface area contributed by atoms with Crippen LogP contribution >= 0.6 is 0 Å². The number of aromatic nitrogens is 6. The molecule has 0 saturated carbocycles. The molecule has 8 nitrogen and oxygen atoms in total. The van der Waals surface area contributed by atoms with Gasteiger partial charge in [-0.05, 0) is 114 Å². The van der Waals surface area contributed by atoms with Crippen LogP contribution in [0.15, 0.2) is 183 Å². The Hall–Kier alpha value is -6.83. The number of pyridine rings is 6. The standard InChI is InChI=1S/C24H16N2.C15H16N2O2.C10H8N2.Ru/c1-3-7-17(8-4-1)19-13-15-25-23-21(19)11-12-22-20(14-16-26-24(22)23)18-9-5-2-6-10-18;1-11-5-7-16-13(9-11)14-10-12(6-8-17-14)3-2-4-15(18)19;1-3-7-11-9(5-1)10-6-2-4-8-12-10;/h1-16H;5-10H,2-4H2,1H3,(H,18,19);1-8H;/q;;;+2. The van der Waals surface area contributed by atoms with Crippen LogP contribution in [0.2, 0.25) is 0 Å². The molecule has 0 amide bonds. The predicted octanol–water partition coefficient (Wildman–Crippen LogP) is 11.1. The van der Waals surface area contributed by atoms with Crippen LogP contribution in [0, 0.1) is 6.92 Å². The molecule has 9 rings (SSSR count). The maximum absolute atomic E-state index is 10.5. The van der Waals surface area contributed by atoms with Crippen molar-refractivity contribution < 1.29 is 29.4 Å². The van der Waals surface area contributed by atoms with E-state index in [4.69, 9.17) is 5.11 Å². The van der Waals surface area contributed by atoms with Gasteiger partial charge in [-0.15, -0.1) is 0 Å². The molecule has 3 aromatic carbocycles. The minimum atomic E-state index is -0.755. The van der Waals surface area contributed by atoms with E-state index in [0.717, 1.165) is 62.1 Å². The van der Waals surface area contributed by atoms with Gasteiger partial charge in [0.15, 0.2) is 0 Å². The zero-order chi connectivity index (χ0) is 39.2. The molecule has 6 heterocycles. The fourth-order valence-electron chi connectivity index (χ4n) is 6.49. The van der Waals surface area contributed by atoms with Crippen LogP contribution < -0.4 is 0 Å². The van der Waals surface area contributed by atoms with Crippen molar-refractivity contribution in [2.45, 2.75) is 26.2 Å². The van der Waals surface area contributed by atoms with Gasteiger partial charge < -0.3 is 5.11 Å². The molecular weight excluding hydrogens is 806 g/mol. The van der Waals surface area contributed by atoms with Gasteiger partial charge in [0.2, 0.25) is 0 Å². The van der Waals surface area contributed by atoms with Gasteiger partial charge in [-0.25, -0.2) is 0 Å². The van der Waals surface area contributed by atoms with Gasteiger partial charge in [0, 0.05) is 54.4 Å². The first-order chi connectivity index (χ1) is 28.0. The summed E-state index contributed by atoms with van der Waals surface area (Å²) in [6, 6.07) is 48.8. The molecule has 58 heavy (non-hydrogen) atoms. The van der Waals surface area contributed by atoms with E-state index in [0.29, 0.717) is 6.42 Å². The Balaban J connectivity index is 0.000000156. The molecule has 0 spiro atoms. The number of aryl methyl sites for hydroxylation is 2. The van der Waals surface area contributed by atoms with E-state index < -0.39 is 5.97 Å². The van der Waals surface area contributed by atoms with E-state index in [1.54, 1.807) is 24.8 Å². The van der Waals surface area contributed by atoms with Crippen molar-refractivity contribution in [3.05, 3.63) is 194 Å². The van der Waals surface area contributed by atoms with Crippen LogP contribution in [0.1, 0.15) is 24.0 Å². The molecule has 0 aliphatic carbocycles. The largest absolute Gasteiger partial charge is 2.00 e. The van der Waals surface area contributed by atoms with Crippen LogP contribution in [0.4, 0.5) is 0 Å². The number of nitrogens with zero attached hydrogens (tertiary/aromatic N) is 6. The molecule has 0 saturated heterocycles. The van der Waals surface area contributed by atoms with E-state index in [1.807, 2.05) is 92.1 Å². The molecule has 0 aliphatic heterocycles. The van der Waals surface area contributed by atoms with Gasteiger partial charge in [-0.1, -0.05) is 84.9 Å². The second-order valence-corrected chi connectivity index (χ2v) is 13.3. The van der Waals surface area contributed by atoms with Crippen molar-refractivity contribution in [3.63, 3.8) is 0 Å². The quantitative estimate of drug-likeness (QED) is 0.119. The Bertz CT molecular complexity index is 2570. The Morgan fingerprint density at radius 2 is 0.948 bits per heavy atom. The Kier molecular flexibility index (Phi) is 14.3. The second-order valence-electron chi connectivity index (χ2n) is 13.3. The number of carboxylic acids is 1. The van der Waals surface area contributed by atoms with Crippen LogP contribution in [0.25, 0.3) is 66.8 Å². The summed E-state index contributed by atoms with van der Waals surface area (Å²) in [5.74, 6) is -0.755. The molecule has 0 aliphatic rings. The minimum Gasteiger partial charge on any atom is -0.481 e. The number of carboxylic acid groups (broad SMARTS) is 1. The number of hydrogen-bond acceptors (Lipinski definition) is 7. The van der Waals surface area contributed by atoms with Crippen molar-refractivity contribution in [3.8, 4) is 45.0 Å². The van der Waals surface area contributed by atoms with Gasteiger partial charge in [-0.3, -0.25) is 34.7 Å². The topological polar surface area (TPSA) is 115 Å². The van der Waals surface area contributed by atoms with Crippen molar-refractivity contribution in [1.29, 1.82) is 0 Å². The number of benzene rings is 3. The predicted molar refractivity (Wildman–Crippen MR) is 228 cm³/mol. The minimum absolute atomic E-state index is 0. The summed E-state index contributed by atoms with van der Waals surface area (Å²) in [5.41, 5.74) is 12.4. The van der Waals surface area contributed by atoms with Gasteiger partial charge in [-0.2, -0.15) is 0 Å². The summed E-state index contributed by atoms with van der Waals surface area (Å²) >= 11 is 0. The molecule has 284 valence electrons. The normalized spacial score (nSPS) is 10.4. The first-order valence-electron chi connectivity index (χ1n) is 18.7. The zero-order valence-corrected chi connectivity index (χ0v) is 33.6. The third-order valence-corrected chi connectivity index (χ3v) is 9.24. The first-order valence-corrected chi connectivity index (χ1v) is 18.7. The fraction of sp³-hybridized carbons (Fsp3) is 0.0816. The number of carbonyl (C=O) groups is 1. The first kappa shape index (κ1) is 40.8. The average molecular weight is 846 g/mol. The van der Waals surface area contributed by atoms with E-state index in [9.17, 15) is 4.79 Å². The zero-order valence-electron chi connectivity index (χ0n) is 31.8. The Morgan fingerprint density at radius 3 is 1.43 bits per heavy atom. The van der Waals surface area contributed by atoms with Crippen molar-refractivity contribution in [2.24, 2.45) is 0 Å². The van der Waals surface area contributed by atoms with Gasteiger partial charge >= 0.3 is 25.4 Å². The molecule has 0 fully saturated rings. The van der Waals surface area contributed by atoms with Crippen LogP contribution in [-0.2, 0) is 30.7 Å². The monoisotopic (exact) mass is 846 g/mol. The van der Waals surface area contributed by atoms with E-state index >= 15 is 0 Å².